The minimum atomic E-state index is -0.399. The van der Waals surface area contributed by atoms with Crippen LogP contribution in [0.5, 0.6) is 0 Å². The summed E-state index contributed by atoms with van der Waals surface area (Å²) in [7, 11) is 2.00. The van der Waals surface area contributed by atoms with Gasteiger partial charge in [0, 0.05) is 18.6 Å². The Morgan fingerprint density at radius 2 is 2.05 bits per heavy atom. The largest absolute Gasteiger partial charge is 0.391 e. The van der Waals surface area contributed by atoms with Gasteiger partial charge in [-0.25, -0.2) is 4.98 Å². The van der Waals surface area contributed by atoms with Crippen molar-refractivity contribution in [3.8, 4) is 0 Å². The van der Waals surface area contributed by atoms with E-state index < -0.39 is 6.10 Å². The molecule has 0 radical (unpaired) electrons. The van der Waals surface area contributed by atoms with Gasteiger partial charge < -0.3 is 15.0 Å². The van der Waals surface area contributed by atoms with E-state index in [1.807, 2.05) is 46.0 Å². The molecule has 0 bridgehead atoms. The summed E-state index contributed by atoms with van der Waals surface area (Å²) in [6.45, 7) is 8.68. The van der Waals surface area contributed by atoms with E-state index in [9.17, 15) is 5.11 Å². The lowest BCUT2D eigenvalue weighted by Gasteiger charge is -2.27. The number of nitrogens with one attached hydrogen (secondary N) is 1. The standard InChI is InChI=1S/C16H24ClN3O/c1-10(18-9-14(21)16(2,3)4)15-19-12-8-11(17)6-7-13(12)20(15)5/h6-8,10,14,18,21H,9H2,1-5H3. The molecule has 0 saturated carbocycles. The van der Waals surface area contributed by atoms with Crippen LogP contribution >= 0.6 is 11.6 Å². The molecular weight excluding hydrogens is 286 g/mol. The lowest BCUT2D eigenvalue weighted by atomic mass is 9.89. The van der Waals surface area contributed by atoms with Crippen LogP contribution in [0, 0.1) is 5.41 Å². The van der Waals surface area contributed by atoms with Gasteiger partial charge in [-0.1, -0.05) is 32.4 Å². The summed E-state index contributed by atoms with van der Waals surface area (Å²) < 4.78 is 2.06. The molecule has 2 unspecified atom stereocenters. The first-order valence-electron chi connectivity index (χ1n) is 7.23. The molecule has 116 valence electrons. The molecule has 0 saturated heterocycles. The predicted molar refractivity (Wildman–Crippen MR) is 87.6 cm³/mol. The third-order valence-corrected chi connectivity index (χ3v) is 4.12. The topological polar surface area (TPSA) is 50.1 Å². The highest BCUT2D eigenvalue weighted by Gasteiger charge is 2.23. The first kappa shape index (κ1) is 16.3. The fourth-order valence-corrected chi connectivity index (χ4v) is 2.43. The van der Waals surface area contributed by atoms with Crippen molar-refractivity contribution in [2.75, 3.05) is 6.54 Å². The molecule has 1 aromatic carbocycles. The zero-order chi connectivity index (χ0) is 15.8. The maximum atomic E-state index is 10.1. The third-order valence-electron chi connectivity index (χ3n) is 3.88. The van der Waals surface area contributed by atoms with E-state index in [0.717, 1.165) is 16.9 Å². The van der Waals surface area contributed by atoms with Gasteiger partial charge in [0.05, 0.1) is 23.2 Å². The number of benzene rings is 1. The first-order valence-corrected chi connectivity index (χ1v) is 7.61. The maximum Gasteiger partial charge on any atom is 0.126 e. The Hall–Kier alpha value is -1.10. The Bertz CT molecular complexity index is 630. The number of aliphatic hydroxyl groups is 1. The van der Waals surface area contributed by atoms with Crippen LogP contribution in [-0.2, 0) is 7.05 Å². The number of rotatable bonds is 4. The molecule has 4 nitrogen and oxygen atoms in total. The molecule has 0 aliphatic rings. The van der Waals surface area contributed by atoms with E-state index >= 15 is 0 Å². The van der Waals surface area contributed by atoms with Gasteiger partial charge in [-0.05, 0) is 30.5 Å². The number of aliphatic hydroxyl groups excluding tert-OH is 1. The molecule has 2 aromatic rings. The molecule has 1 heterocycles. The van der Waals surface area contributed by atoms with Crippen LogP contribution in [0.15, 0.2) is 18.2 Å². The van der Waals surface area contributed by atoms with Gasteiger partial charge in [0.2, 0.25) is 0 Å². The summed E-state index contributed by atoms with van der Waals surface area (Å²) in [6.07, 6.45) is -0.399. The average Bonchev–Trinajstić information content (AvgIpc) is 2.71. The fourth-order valence-electron chi connectivity index (χ4n) is 2.26. The van der Waals surface area contributed by atoms with Crippen molar-refractivity contribution in [1.29, 1.82) is 0 Å². The lowest BCUT2D eigenvalue weighted by molar-refractivity contribution is 0.0606. The van der Waals surface area contributed by atoms with Gasteiger partial charge in [0.25, 0.3) is 0 Å². The second kappa shape index (κ2) is 5.95. The highest BCUT2D eigenvalue weighted by atomic mass is 35.5. The monoisotopic (exact) mass is 309 g/mol. The highest BCUT2D eigenvalue weighted by molar-refractivity contribution is 6.31. The summed E-state index contributed by atoms with van der Waals surface area (Å²) in [5, 5.41) is 14.2. The molecule has 21 heavy (non-hydrogen) atoms. The lowest BCUT2D eigenvalue weighted by Crippen LogP contribution is -2.38. The van der Waals surface area contributed by atoms with Gasteiger partial charge in [-0.15, -0.1) is 0 Å². The smallest absolute Gasteiger partial charge is 0.126 e. The van der Waals surface area contributed by atoms with Gasteiger partial charge >= 0.3 is 0 Å². The summed E-state index contributed by atoms with van der Waals surface area (Å²) in [5.74, 6) is 0.938. The molecule has 1 aromatic heterocycles. The van der Waals surface area contributed by atoms with Crippen molar-refractivity contribution in [3.63, 3.8) is 0 Å². The molecule has 2 rings (SSSR count). The molecule has 0 aliphatic heterocycles. The zero-order valence-electron chi connectivity index (χ0n) is 13.3. The Balaban J connectivity index is 2.16. The summed E-state index contributed by atoms with van der Waals surface area (Å²) in [6, 6.07) is 5.77. The normalized spacial score (nSPS) is 15.4. The number of aromatic nitrogens is 2. The van der Waals surface area contributed by atoms with Crippen LogP contribution in [-0.4, -0.2) is 27.3 Å². The van der Waals surface area contributed by atoms with Crippen molar-refractivity contribution >= 4 is 22.6 Å². The van der Waals surface area contributed by atoms with E-state index in [-0.39, 0.29) is 11.5 Å². The summed E-state index contributed by atoms with van der Waals surface area (Å²) in [5.41, 5.74) is 1.82. The number of hydrogen-bond donors (Lipinski definition) is 2. The van der Waals surface area contributed by atoms with Crippen molar-refractivity contribution < 1.29 is 5.11 Å². The zero-order valence-corrected chi connectivity index (χ0v) is 14.1. The van der Waals surface area contributed by atoms with Crippen LogP contribution in [0.3, 0.4) is 0 Å². The molecule has 2 N–H and O–H groups in total. The summed E-state index contributed by atoms with van der Waals surface area (Å²) >= 11 is 6.01. The Labute approximate surface area is 131 Å². The van der Waals surface area contributed by atoms with Gasteiger partial charge in [0.15, 0.2) is 0 Å². The van der Waals surface area contributed by atoms with E-state index in [2.05, 4.69) is 21.8 Å². The second-order valence-electron chi connectivity index (χ2n) is 6.67. The van der Waals surface area contributed by atoms with Crippen LogP contribution < -0.4 is 5.32 Å². The number of nitrogens with zero attached hydrogens (tertiary/aromatic N) is 2. The highest BCUT2D eigenvalue weighted by Crippen LogP contribution is 2.23. The fraction of sp³-hybridized carbons (Fsp3) is 0.562. The minimum Gasteiger partial charge on any atom is -0.391 e. The molecule has 0 fully saturated rings. The molecule has 0 amide bonds. The average molecular weight is 310 g/mol. The van der Waals surface area contributed by atoms with Gasteiger partial charge in [-0.3, -0.25) is 0 Å². The number of hydrogen-bond acceptors (Lipinski definition) is 3. The third kappa shape index (κ3) is 3.57. The van der Waals surface area contributed by atoms with E-state index in [4.69, 9.17) is 11.6 Å². The SMILES string of the molecule is CC(NCC(O)C(C)(C)C)c1nc2cc(Cl)ccc2n1C. The number of fused-ring (bicyclic) bond motifs is 1. The quantitative estimate of drug-likeness (QED) is 0.911. The van der Waals surface area contributed by atoms with Crippen molar-refractivity contribution in [3.05, 3.63) is 29.0 Å². The van der Waals surface area contributed by atoms with Crippen LogP contribution in [0.4, 0.5) is 0 Å². The van der Waals surface area contributed by atoms with Gasteiger partial charge in [-0.2, -0.15) is 0 Å². The molecular formula is C16H24ClN3O. The van der Waals surface area contributed by atoms with Gasteiger partial charge in [0.1, 0.15) is 5.82 Å². The second-order valence-corrected chi connectivity index (χ2v) is 7.11. The maximum absolute atomic E-state index is 10.1. The Morgan fingerprint density at radius 1 is 1.38 bits per heavy atom. The van der Waals surface area contributed by atoms with Crippen molar-refractivity contribution in [2.24, 2.45) is 12.5 Å². The predicted octanol–water partition coefficient (Wildman–Crippen LogP) is 3.28. The van der Waals surface area contributed by atoms with E-state index in [0.29, 0.717) is 11.6 Å². The Kier molecular flexibility index (Phi) is 4.61. The summed E-state index contributed by atoms with van der Waals surface area (Å²) in [4.78, 5) is 4.65. The van der Waals surface area contributed by atoms with Crippen molar-refractivity contribution in [1.82, 2.24) is 14.9 Å². The van der Waals surface area contributed by atoms with Crippen LogP contribution in [0.1, 0.15) is 39.6 Å². The number of halogens is 1. The number of aryl methyl sites for hydroxylation is 1. The Morgan fingerprint density at radius 3 is 2.67 bits per heavy atom. The molecule has 0 spiro atoms. The van der Waals surface area contributed by atoms with Crippen LogP contribution in [0.2, 0.25) is 5.02 Å². The molecule has 2 atom stereocenters. The molecule has 0 aliphatic carbocycles. The van der Waals surface area contributed by atoms with Crippen LogP contribution in [0.25, 0.3) is 11.0 Å². The van der Waals surface area contributed by atoms with E-state index in [1.54, 1.807) is 0 Å². The first-order chi connectivity index (χ1) is 9.70. The van der Waals surface area contributed by atoms with E-state index in [1.165, 1.54) is 0 Å². The molecule has 5 heteroatoms. The van der Waals surface area contributed by atoms with Crippen molar-refractivity contribution in [2.45, 2.75) is 39.8 Å². The number of imidazole rings is 1. The minimum absolute atomic E-state index is 0.0539.